The molecular formula is C28H26ClN3O3. The van der Waals surface area contributed by atoms with Crippen molar-refractivity contribution < 1.29 is 15.0 Å². The number of aliphatic imine (C=N–C) groups is 1. The number of halogens is 1. The number of aromatic nitrogens is 1. The highest BCUT2D eigenvalue weighted by Gasteiger charge is 2.20. The quantitative estimate of drug-likeness (QED) is 0.269. The Labute approximate surface area is 208 Å². The van der Waals surface area contributed by atoms with Crippen LogP contribution in [0.3, 0.4) is 0 Å². The van der Waals surface area contributed by atoms with Crippen molar-refractivity contribution in [1.29, 1.82) is 0 Å². The molecule has 1 aliphatic rings. The maximum absolute atomic E-state index is 11.1. The molecule has 1 aromatic heterocycles. The van der Waals surface area contributed by atoms with Crippen LogP contribution in [0.5, 0.6) is 5.88 Å². The average molecular weight is 488 g/mol. The molecule has 1 saturated heterocycles. The fourth-order valence-corrected chi connectivity index (χ4v) is 4.56. The van der Waals surface area contributed by atoms with E-state index in [1.165, 1.54) is 12.0 Å². The Kier molecular flexibility index (Phi) is 6.57. The molecule has 1 aliphatic heterocycles. The highest BCUT2D eigenvalue weighted by atomic mass is 35.5. The summed E-state index contributed by atoms with van der Waals surface area (Å²) in [4.78, 5) is 21.5. The fraction of sp³-hybridized carbons (Fsp3) is 0.214. The van der Waals surface area contributed by atoms with Crippen molar-refractivity contribution in [3.63, 3.8) is 0 Å². The standard InChI is InChI=1S/C28H26ClN3O3/c29-21-8-11-23-24(16-21)31-28(35)26(23)27(20-4-1-3-18(15-20)7-12-25(33)34)30-22-9-5-19(6-10-22)17-32-13-2-14-32/h1,3-6,8-11,15-16,31,35H,2,7,12-14,17H2,(H,33,34). The van der Waals surface area contributed by atoms with Gasteiger partial charge in [-0.05, 0) is 67.4 Å². The second kappa shape index (κ2) is 9.94. The first-order valence-corrected chi connectivity index (χ1v) is 12.1. The van der Waals surface area contributed by atoms with Gasteiger partial charge in [-0.25, -0.2) is 4.99 Å². The van der Waals surface area contributed by atoms with Gasteiger partial charge >= 0.3 is 5.97 Å². The third-order valence-corrected chi connectivity index (χ3v) is 6.57. The molecule has 0 atom stereocenters. The topological polar surface area (TPSA) is 88.9 Å². The van der Waals surface area contributed by atoms with E-state index in [9.17, 15) is 9.90 Å². The molecule has 2 heterocycles. The molecule has 5 rings (SSSR count). The Bertz CT molecular complexity index is 1400. The molecule has 0 saturated carbocycles. The monoisotopic (exact) mass is 487 g/mol. The van der Waals surface area contributed by atoms with Crippen LogP contribution < -0.4 is 0 Å². The van der Waals surface area contributed by atoms with Gasteiger partial charge in [0.2, 0.25) is 0 Å². The van der Waals surface area contributed by atoms with Crippen LogP contribution in [0, 0.1) is 0 Å². The number of nitrogens with one attached hydrogen (secondary N) is 1. The third kappa shape index (κ3) is 5.24. The van der Waals surface area contributed by atoms with Crippen molar-refractivity contribution in [2.75, 3.05) is 13.1 Å². The lowest BCUT2D eigenvalue weighted by molar-refractivity contribution is -0.136. The van der Waals surface area contributed by atoms with Crippen molar-refractivity contribution in [3.05, 3.63) is 94.0 Å². The summed E-state index contributed by atoms with van der Waals surface area (Å²) < 4.78 is 0. The molecule has 0 bridgehead atoms. The minimum atomic E-state index is -0.839. The van der Waals surface area contributed by atoms with Gasteiger partial charge in [-0.1, -0.05) is 48.0 Å². The van der Waals surface area contributed by atoms with Crippen molar-refractivity contribution in [2.45, 2.75) is 25.8 Å². The second-order valence-electron chi connectivity index (χ2n) is 8.89. The van der Waals surface area contributed by atoms with Crippen molar-refractivity contribution in [2.24, 2.45) is 4.99 Å². The molecule has 3 N–H and O–H groups in total. The molecule has 35 heavy (non-hydrogen) atoms. The molecule has 1 fully saturated rings. The van der Waals surface area contributed by atoms with E-state index in [4.69, 9.17) is 21.7 Å². The number of carboxylic acid groups (broad SMARTS) is 1. The maximum atomic E-state index is 11.1. The van der Waals surface area contributed by atoms with Crippen molar-refractivity contribution >= 4 is 39.9 Å². The lowest BCUT2D eigenvalue weighted by Crippen LogP contribution is -2.36. The number of nitrogens with zero attached hydrogens (tertiary/aromatic N) is 2. The van der Waals surface area contributed by atoms with Gasteiger partial charge in [0.05, 0.1) is 22.5 Å². The van der Waals surface area contributed by atoms with Gasteiger partial charge in [0.25, 0.3) is 0 Å². The Morgan fingerprint density at radius 1 is 1.03 bits per heavy atom. The van der Waals surface area contributed by atoms with E-state index in [0.29, 0.717) is 28.2 Å². The summed E-state index contributed by atoms with van der Waals surface area (Å²) in [5, 5.41) is 21.4. The molecule has 0 aliphatic carbocycles. The maximum Gasteiger partial charge on any atom is 0.303 e. The predicted molar refractivity (Wildman–Crippen MR) is 139 cm³/mol. The second-order valence-corrected chi connectivity index (χ2v) is 9.33. The number of hydrogen-bond acceptors (Lipinski definition) is 4. The van der Waals surface area contributed by atoms with Gasteiger partial charge in [0, 0.05) is 28.9 Å². The third-order valence-electron chi connectivity index (χ3n) is 6.34. The van der Waals surface area contributed by atoms with Gasteiger partial charge < -0.3 is 15.2 Å². The average Bonchev–Trinajstić information content (AvgIpc) is 3.14. The normalized spacial score (nSPS) is 14.3. The number of rotatable bonds is 8. The smallest absolute Gasteiger partial charge is 0.303 e. The van der Waals surface area contributed by atoms with Crippen LogP contribution in [0.25, 0.3) is 10.9 Å². The van der Waals surface area contributed by atoms with E-state index in [2.05, 4.69) is 22.0 Å². The predicted octanol–water partition coefficient (Wildman–Crippen LogP) is 5.92. The number of benzene rings is 3. The Morgan fingerprint density at radius 3 is 2.54 bits per heavy atom. The molecule has 0 spiro atoms. The first-order valence-electron chi connectivity index (χ1n) is 11.7. The Morgan fingerprint density at radius 2 is 1.83 bits per heavy atom. The summed E-state index contributed by atoms with van der Waals surface area (Å²) in [5.41, 5.74) is 5.59. The number of H-pyrrole nitrogens is 1. The van der Waals surface area contributed by atoms with E-state index in [0.717, 1.165) is 41.8 Å². The van der Waals surface area contributed by atoms with E-state index in [-0.39, 0.29) is 12.3 Å². The number of fused-ring (bicyclic) bond motifs is 1. The summed E-state index contributed by atoms with van der Waals surface area (Å²) in [5.74, 6) is -0.833. The van der Waals surface area contributed by atoms with Gasteiger partial charge in [-0.2, -0.15) is 0 Å². The van der Waals surface area contributed by atoms with Crippen molar-refractivity contribution in [3.8, 4) is 5.88 Å². The number of aliphatic carboxylic acids is 1. The van der Waals surface area contributed by atoms with Crippen LogP contribution in [-0.4, -0.2) is 44.9 Å². The lowest BCUT2D eigenvalue weighted by Gasteiger charge is -2.30. The highest BCUT2D eigenvalue weighted by molar-refractivity contribution is 6.31. The first-order chi connectivity index (χ1) is 17.0. The van der Waals surface area contributed by atoms with Gasteiger partial charge in [0.1, 0.15) is 0 Å². The van der Waals surface area contributed by atoms with E-state index >= 15 is 0 Å². The number of carboxylic acids is 1. The molecule has 0 amide bonds. The van der Waals surface area contributed by atoms with Crippen LogP contribution in [0.15, 0.2) is 71.7 Å². The minimum absolute atomic E-state index is 0.00589. The van der Waals surface area contributed by atoms with Crippen LogP contribution in [0.2, 0.25) is 5.02 Å². The summed E-state index contributed by atoms with van der Waals surface area (Å²) in [6.07, 6.45) is 1.72. The number of aryl methyl sites for hydroxylation is 1. The first kappa shape index (κ1) is 23.1. The molecule has 6 nitrogen and oxygen atoms in total. The van der Waals surface area contributed by atoms with Gasteiger partial charge in [-0.15, -0.1) is 0 Å². The van der Waals surface area contributed by atoms with E-state index in [1.807, 2.05) is 42.5 Å². The van der Waals surface area contributed by atoms with E-state index in [1.54, 1.807) is 12.1 Å². The van der Waals surface area contributed by atoms with Gasteiger partial charge in [0.15, 0.2) is 5.88 Å². The number of aromatic hydroxyl groups is 1. The number of aromatic amines is 1. The molecular weight excluding hydrogens is 462 g/mol. The SMILES string of the molecule is O=C(O)CCc1cccc(C(=Nc2ccc(CN3CCC3)cc2)c2c(O)[nH]c3cc(Cl)ccc23)c1. The minimum Gasteiger partial charge on any atom is -0.494 e. The Hall–Kier alpha value is -3.61. The molecule has 4 aromatic rings. The summed E-state index contributed by atoms with van der Waals surface area (Å²) >= 11 is 6.17. The highest BCUT2D eigenvalue weighted by Crippen LogP contribution is 2.33. The zero-order chi connectivity index (χ0) is 24.4. The van der Waals surface area contributed by atoms with Crippen LogP contribution >= 0.6 is 11.6 Å². The molecule has 7 heteroatoms. The number of carbonyl (C=O) groups is 1. The molecule has 3 aromatic carbocycles. The number of hydrogen-bond donors (Lipinski definition) is 3. The number of likely N-dealkylation sites (tertiary alicyclic amines) is 1. The van der Waals surface area contributed by atoms with Crippen molar-refractivity contribution in [1.82, 2.24) is 9.88 Å². The summed E-state index contributed by atoms with van der Waals surface area (Å²) in [6.45, 7) is 3.23. The molecule has 0 radical (unpaired) electrons. The molecule has 178 valence electrons. The summed E-state index contributed by atoms with van der Waals surface area (Å²) in [6, 6.07) is 21.2. The lowest BCUT2D eigenvalue weighted by atomic mass is 9.97. The van der Waals surface area contributed by atoms with Gasteiger partial charge in [-0.3, -0.25) is 9.69 Å². The largest absolute Gasteiger partial charge is 0.494 e. The van der Waals surface area contributed by atoms with E-state index < -0.39 is 5.97 Å². The fourth-order valence-electron chi connectivity index (χ4n) is 4.39. The zero-order valence-electron chi connectivity index (χ0n) is 19.2. The van der Waals surface area contributed by atoms with Crippen LogP contribution in [0.4, 0.5) is 5.69 Å². The van der Waals surface area contributed by atoms with Crippen LogP contribution in [-0.2, 0) is 17.8 Å². The Balaban J connectivity index is 1.58. The molecule has 0 unspecified atom stereocenters. The summed E-state index contributed by atoms with van der Waals surface area (Å²) in [7, 11) is 0. The van der Waals surface area contributed by atoms with Crippen LogP contribution in [0.1, 0.15) is 35.1 Å². The zero-order valence-corrected chi connectivity index (χ0v) is 19.9.